The van der Waals surface area contributed by atoms with Gasteiger partial charge >= 0.3 is 5.97 Å². The van der Waals surface area contributed by atoms with Gasteiger partial charge in [0, 0.05) is 0 Å². The second-order valence-electron chi connectivity index (χ2n) is 4.79. The number of hydrogen-bond donors (Lipinski definition) is 1. The van der Waals surface area contributed by atoms with E-state index in [0.717, 1.165) is 17.9 Å². The minimum absolute atomic E-state index is 0.0371. The van der Waals surface area contributed by atoms with E-state index in [0.29, 0.717) is 6.41 Å². The molecule has 1 saturated carbocycles. The van der Waals surface area contributed by atoms with Crippen molar-refractivity contribution < 1.29 is 19.5 Å². The van der Waals surface area contributed by atoms with Crippen LogP contribution < -0.4 is 0 Å². The first-order chi connectivity index (χ1) is 6.85. The third-order valence-electron chi connectivity index (χ3n) is 2.08. The molecule has 15 heavy (non-hydrogen) atoms. The fraction of sp³-hybridized carbons (Fsp3) is 0.800. The lowest BCUT2D eigenvalue weighted by Crippen LogP contribution is -2.45. The van der Waals surface area contributed by atoms with Gasteiger partial charge in [0.15, 0.2) is 6.04 Å². The molecule has 5 heteroatoms. The van der Waals surface area contributed by atoms with Crippen LogP contribution in [0.2, 0.25) is 0 Å². The van der Waals surface area contributed by atoms with Crippen LogP contribution in [-0.4, -0.2) is 34.2 Å². The van der Waals surface area contributed by atoms with Crippen molar-refractivity contribution in [2.75, 3.05) is 0 Å². The van der Waals surface area contributed by atoms with Crippen molar-refractivity contribution >= 4 is 12.4 Å². The summed E-state index contributed by atoms with van der Waals surface area (Å²) in [5.74, 6) is -0.969. The molecule has 0 unspecified atom stereocenters. The van der Waals surface area contributed by atoms with Crippen molar-refractivity contribution in [1.82, 2.24) is 5.06 Å². The second-order valence-corrected chi connectivity index (χ2v) is 4.79. The summed E-state index contributed by atoms with van der Waals surface area (Å²) in [5.41, 5.74) is -0.566. The molecule has 0 bridgehead atoms. The van der Waals surface area contributed by atoms with E-state index in [-0.39, 0.29) is 5.92 Å². The lowest BCUT2D eigenvalue weighted by Gasteiger charge is -2.30. The Morgan fingerprint density at radius 1 is 1.53 bits per heavy atom. The van der Waals surface area contributed by atoms with Crippen molar-refractivity contribution in [3.63, 3.8) is 0 Å². The second kappa shape index (κ2) is 4.18. The molecular weight excluding hydrogens is 198 g/mol. The van der Waals surface area contributed by atoms with Crippen LogP contribution in [-0.2, 0) is 14.4 Å². The van der Waals surface area contributed by atoms with Gasteiger partial charge in [-0.3, -0.25) is 9.63 Å². The van der Waals surface area contributed by atoms with Crippen molar-refractivity contribution in [2.45, 2.75) is 45.3 Å². The highest BCUT2D eigenvalue weighted by Gasteiger charge is 2.42. The Labute approximate surface area is 89.0 Å². The Morgan fingerprint density at radius 2 is 2.07 bits per heavy atom. The van der Waals surface area contributed by atoms with Crippen LogP contribution in [0, 0.1) is 5.92 Å². The SMILES string of the molecule is CC(C)(C)ON(C=O)[C@@H](C(=O)O)C1CC1. The predicted molar refractivity (Wildman–Crippen MR) is 52.9 cm³/mol. The van der Waals surface area contributed by atoms with Gasteiger partial charge in [-0.1, -0.05) is 0 Å². The molecule has 1 N–H and O–H groups in total. The fourth-order valence-electron chi connectivity index (χ4n) is 1.39. The van der Waals surface area contributed by atoms with Crippen LogP contribution in [0.25, 0.3) is 0 Å². The van der Waals surface area contributed by atoms with Gasteiger partial charge in [0.25, 0.3) is 0 Å². The number of carboxylic acids is 1. The molecule has 1 amide bonds. The van der Waals surface area contributed by atoms with E-state index in [4.69, 9.17) is 9.94 Å². The van der Waals surface area contributed by atoms with E-state index in [2.05, 4.69) is 0 Å². The van der Waals surface area contributed by atoms with Gasteiger partial charge in [-0.15, -0.1) is 0 Å². The van der Waals surface area contributed by atoms with Gasteiger partial charge in [0.05, 0.1) is 5.60 Å². The molecule has 0 aromatic rings. The third-order valence-corrected chi connectivity index (χ3v) is 2.08. The van der Waals surface area contributed by atoms with E-state index in [1.807, 2.05) is 0 Å². The van der Waals surface area contributed by atoms with E-state index in [9.17, 15) is 9.59 Å². The zero-order valence-corrected chi connectivity index (χ0v) is 9.27. The van der Waals surface area contributed by atoms with Crippen LogP contribution in [0.1, 0.15) is 33.6 Å². The van der Waals surface area contributed by atoms with Crippen LogP contribution >= 0.6 is 0 Å². The number of nitrogens with zero attached hydrogens (tertiary/aromatic N) is 1. The number of hydroxylamine groups is 2. The molecule has 0 spiro atoms. The predicted octanol–water partition coefficient (Wildman–Crippen LogP) is 1.04. The maximum Gasteiger partial charge on any atom is 0.329 e. The van der Waals surface area contributed by atoms with Gasteiger partial charge in [0.2, 0.25) is 6.41 Å². The third kappa shape index (κ3) is 3.51. The molecule has 0 saturated heterocycles. The highest BCUT2D eigenvalue weighted by atomic mass is 16.7. The first-order valence-electron chi connectivity index (χ1n) is 5.01. The average molecular weight is 215 g/mol. The highest BCUT2D eigenvalue weighted by Crippen LogP contribution is 2.35. The van der Waals surface area contributed by atoms with Crippen molar-refractivity contribution in [3.05, 3.63) is 0 Å². The summed E-state index contributed by atoms with van der Waals surface area (Å²) in [6, 6.07) is -0.846. The maximum atomic E-state index is 11.0. The minimum atomic E-state index is -1.01. The van der Waals surface area contributed by atoms with Crippen LogP contribution in [0.5, 0.6) is 0 Å². The highest BCUT2D eigenvalue weighted by molar-refractivity contribution is 5.76. The molecule has 0 heterocycles. The summed E-state index contributed by atoms with van der Waals surface area (Å²) in [7, 11) is 0. The smallest absolute Gasteiger partial charge is 0.329 e. The molecule has 0 radical (unpaired) electrons. The lowest BCUT2D eigenvalue weighted by molar-refractivity contribution is -0.237. The van der Waals surface area contributed by atoms with Crippen LogP contribution in [0.15, 0.2) is 0 Å². The van der Waals surface area contributed by atoms with Crippen molar-refractivity contribution in [1.29, 1.82) is 0 Å². The molecule has 0 aromatic carbocycles. The van der Waals surface area contributed by atoms with E-state index < -0.39 is 17.6 Å². The Morgan fingerprint density at radius 3 is 2.33 bits per heavy atom. The molecule has 5 nitrogen and oxygen atoms in total. The van der Waals surface area contributed by atoms with E-state index in [1.165, 1.54) is 0 Å². The summed E-state index contributed by atoms with van der Waals surface area (Å²) >= 11 is 0. The quantitative estimate of drug-likeness (QED) is 0.549. The zero-order valence-electron chi connectivity index (χ0n) is 9.27. The van der Waals surface area contributed by atoms with Gasteiger partial charge in [-0.05, 0) is 39.5 Å². The number of amides is 1. The summed E-state index contributed by atoms with van der Waals surface area (Å²) in [4.78, 5) is 27.1. The number of aliphatic carboxylic acids is 1. The number of carbonyl (C=O) groups is 2. The standard InChI is InChI=1S/C10H17NO4/c1-10(2,3)15-11(6-12)8(9(13)14)7-4-5-7/h6-8H,4-5H2,1-3H3,(H,13,14)/t8-/m1/s1. The van der Waals surface area contributed by atoms with Gasteiger partial charge in [-0.25, -0.2) is 9.86 Å². The monoisotopic (exact) mass is 215 g/mol. The average Bonchev–Trinajstić information content (AvgIpc) is 2.83. The fourth-order valence-corrected chi connectivity index (χ4v) is 1.39. The molecule has 1 aliphatic rings. The van der Waals surface area contributed by atoms with Crippen LogP contribution in [0.3, 0.4) is 0 Å². The number of hydrogen-bond acceptors (Lipinski definition) is 3. The first-order valence-corrected chi connectivity index (χ1v) is 5.01. The Balaban J connectivity index is 2.69. The van der Waals surface area contributed by atoms with E-state index in [1.54, 1.807) is 20.8 Å². The summed E-state index contributed by atoms with van der Waals surface area (Å²) in [5, 5.41) is 9.93. The molecule has 1 fully saturated rings. The van der Waals surface area contributed by atoms with Gasteiger partial charge in [-0.2, -0.15) is 0 Å². The summed E-state index contributed by atoms with van der Waals surface area (Å²) < 4.78 is 0. The van der Waals surface area contributed by atoms with Gasteiger partial charge < -0.3 is 5.11 Å². The van der Waals surface area contributed by atoms with Crippen LogP contribution in [0.4, 0.5) is 0 Å². The molecule has 0 aromatic heterocycles. The lowest BCUT2D eigenvalue weighted by atomic mass is 10.2. The Bertz CT molecular complexity index is 255. The topological polar surface area (TPSA) is 66.8 Å². The largest absolute Gasteiger partial charge is 0.480 e. The number of rotatable bonds is 5. The summed E-state index contributed by atoms with van der Waals surface area (Å²) in [6.07, 6.45) is 2.13. The molecule has 1 rings (SSSR count). The Kier molecular flexibility index (Phi) is 3.34. The summed E-state index contributed by atoms with van der Waals surface area (Å²) in [6.45, 7) is 5.32. The molecule has 1 aliphatic carbocycles. The van der Waals surface area contributed by atoms with Gasteiger partial charge in [0.1, 0.15) is 0 Å². The Hall–Kier alpha value is -1.10. The minimum Gasteiger partial charge on any atom is -0.480 e. The molecule has 0 aliphatic heterocycles. The molecule has 86 valence electrons. The number of carbonyl (C=O) groups excluding carboxylic acids is 1. The molecule has 1 atom stereocenters. The molecular formula is C10H17NO4. The van der Waals surface area contributed by atoms with E-state index >= 15 is 0 Å². The van der Waals surface area contributed by atoms with Crippen molar-refractivity contribution in [3.8, 4) is 0 Å². The van der Waals surface area contributed by atoms with Crippen molar-refractivity contribution in [2.24, 2.45) is 5.92 Å². The number of carboxylic acid groups (broad SMARTS) is 1. The normalized spacial score (nSPS) is 18.3. The first kappa shape index (κ1) is 12.0. The zero-order chi connectivity index (χ0) is 11.6. The maximum absolute atomic E-state index is 11.0.